The Morgan fingerprint density at radius 1 is 1.23 bits per heavy atom. The van der Waals surface area contributed by atoms with Crippen molar-refractivity contribution in [3.05, 3.63) is 59.4 Å². The number of nitrogens with zero attached hydrogens (tertiary/aromatic N) is 1. The van der Waals surface area contributed by atoms with Gasteiger partial charge in [-0.25, -0.2) is 8.42 Å². The molecule has 2 aromatic carbocycles. The molecule has 0 fully saturated rings. The third-order valence-corrected chi connectivity index (χ3v) is 6.56. The minimum Gasteiger partial charge on any atom is -0.493 e. The molecular formula is C21H19ClN2O5S. The lowest BCUT2D eigenvalue weighted by Gasteiger charge is -2.36. The first-order valence-corrected chi connectivity index (χ1v) is 11.4. The molecule has 2 heterocycles. The second-order valence-corrected chi connectivity index (χ2v) is 9.52. The van der Waals surface area contributed by atoms with E-state index in [0.29, 0.717) is 39.4 Å². The number of benzene rings is 2. The highest BCUT2D eigenvalue weighted by atomic mass is 35.5. The summed E-state index contributed by atoms with van der Waals surface area (Å²) in [5.74, 6) is 0.105. The van der Waals surface area contributed by atoms with Gasteiger partial charge in [0.2, 0.25) is 0 Å². The van der Waals surface area contributed by atoms with Crippen LogP contribution in [0.2, 0.25) is 5.02 Å². The Labute approximate surface area is 178 Å². The molecule has 30 heavy (non-hydrogen) atoms. The predicted molar refractivity (Wildman–Crippen MR) is 114 cm³/mol. The summed E-state index contributed by atoms with van der Waals surface area (Å²) in [6, 6.07) is 9.74. The van der Waals surface area contributed by atoms with Gasteiger partial charge in [0, 0.05) is 47.3 Å². The number of fused-ring (bicyclic) bond motifs is 2. The van der Waals surface area contributed by atoms with E-state index in [1.807, 2.05) is 0 Å². The third kappa shape index (κ3) is 3.51. The van der Waals surface area contributed by atoms with E-state index >= 15 is 0 Å². The molecule has 1 aliphatic rings. The van der Waals surface area contributed by atoms with E-state index in [0.717, 1.165) is 6.26 Å². The van der Waals surface area contributed by atoms with Crippen molar-refractivity contribution in [2.24, 2.45) is 0 Å². The van der Waals surface area contributed by atoms with Crippen molar-refractivity contribution in [2.75, 3.05) is 25.3 Å². The molecule has 1 aromatic heterocycles. The van der Waals surface area contributed by atoms with E-state index in [4.69, 9.17) is 21.1 Å². The number of carbonyl (C=O) groups is 1. The van der Waals surface area contributed by atoms with Crippen molar-refractivity contribution in [3.8, 4) is 5.75 Å². The van der Waals surface area contributed by atoms with Gasteiger partial charge in [0.05, 0.1) is 23.4 Å². The first kappa shape index (κ1) is 20.6. The molecular weight excluding hydrogens is 428 g/mol. The SMILES string of the molecule is COC1(C(=O)Nc2cncc3ccc(S(C)(=O)=O)cc23)CCOc2ccc(Cl)cc21. The minimum atomic E-state index is -3.41. The molecule has 0 spiro atoms. The number of anilines is 1. The Balaban J connectivity index is 1.79. The van der Waals surface area contributed by atoms with E-state index in [9.17, 15) is 13.2 Å². The Morgan fingerprint density at radius 3 is 2.77 bits per heavy atom. The average molecular weight is 447 g/mol. The highest BCUT2D eigenvalue weighted by molar-refractivity contribution is 7.90. The molecule has 0 aliphatic carbocycles. The molecule has 4 rings (SSSR count). The molecule has 156 valence electrons. The van der Waals surface area contributed by atoms with Crippen LogP contribution < -0.4 is 10.1 Å². The number of halogens is 1. The molecule has 0 saturated heterocycles. The molecule has 1 unspecified atom stereocenters. The number of aromatic nitrogens is 1. The van der Waals surface area contributed by atoms with E-state index in [2.05, 4.69) is 10.3 Å². The van der Waals surface area contributed by atoms with Gasteiger partial charge >= 0.3 is 0 Å². The summed E-state index contributed by atoms with van der Waals surface area (Å²) in [6.45, 7) is 0.294. The third-order valence-electron chi connectivity index (χ3n) is 5.21. The Hall–Kier alpha value is -2.68. The van der Waals surface area contributed by atoms with Crippen LogP contribution in [0.1, 0.15) is 12.0 Å². The molecule has 0 radical (unpaired) electrons. The van der Waals surface area contributed by atoms with Crippen LogP contribution in [0.3, 0.4) is 0 Å². The van der Waals surface area contributed by atoms with Crippen molar-refractivity contribution < 1.29 is 22.7 Å². The monoisotopic (exact) mass is 446 g/mol. The fourth-order valence-electron chi connectivity index (χ4n) is 3.62. The van der Waals surface area contributed by atoms with E-state index in [-0.39, 0.29) is 11.3 Å². The summed E-state index contributed by atoms with van der Waals surface area (Å²) in [6.07, 6.45) is 4.51. The lowest BCUT2D eigenvalue weighted by atomic mass is 9.86. The number of ether oxygens (including phenoxy) is 2. The van der Waals surface area contributed by atoms with Gasteiger partial charge in [-0.2, -0.15) is 0 Å². The average Bonchev–Trinajstić information content (AvgIpc) is 2.72. The lowest BCUT2D eigenvalue weighted by molar-refractivity contribution is -0.142. The Kier molecular flexibility index (Phi) is 5.17. The largest absolute Gasteiger partial charge is 0.493 e. The van der Waals surface area contributed by atoms with Crippen LogP contribution in [0.5, 0.6) is 5.75 Å². The number of carbonyl (C=O) groups excluding carboxylic acids is 1. The smallest absolute Gasteiger partial charge is 0.261 e. The van der Waals surface area contributed by atoms with Crippen LogP contribution in [0.25, 0.3) is 10.8 Å². The predicted octanol–water partition coefficient (Wildman–Crippen LogP) is 3.55. The summed E-state index contributed by atoms with van der Waals surface area (Å²) < 4.78 is 35.3. The second kappa shape index (κ2) is 7.54. The molecule has 7 nitrogen and oxygen atoms in total. The van der Waals surface area contributed by atoms with Crippen molar-refractivity contribution in [1.82, 2.24) is 4.98 Å². The minimum absolute atomic E-state index is 0.154. The highest BCUT2D eigenvalue weighted by Crippen LogP contribution is 2.42. The normalized spacial score (nSPS) is 18.5. The van der Waals surface area contributed by atoms with Gasteiger partial charge in [-0.15, -0.1) is 0 Å². The van der Waals surface area contributed by atoms with Crippen LogP contribution in [0, 0.1) is 0 Å². The van der Waals surface area contributed by atoms with Gasteiger partial charge in [-0.3, -0.25) is 9.78 Å². The van der Waals surface area contributed by atoms with Gasteiger partial charge in [-0.05, 0) is 30.3 Å². The molecule has 3 aromatic rings. The number of nitrogens with one attached hydrogen (secondary N) is 1. The second-order valence-electron chi connectivity index (χ2n) is 7.07. The summed E-state index contributed by atoms with van der Waals surface area (Å²) in [5, 5.41) is 4.58. The fraction of sp³-hybridized carbons (Fsp3) is 0.238. The molecule has 1 aliphatic heterocycles. The van der Waals surface area contributed by atoms with Gasteiger partial charge in [-0.1, -0.05) is 17.7 Å². The number of pyridine rings is 1. The maximum absolute atomic E-state index is 13.4. The fourth-order valence-corrected chi connectivity index (χ4v) is 4.44. The number of amides is 1. The van der Waals surface area contributed by atoms with E-state index < -0.39 is 21.3 Å². The van der Waals surface area contributed by atoms with Crippen molar-refractivity contribution in [2.45, 2.75) is 16.9 Å². The van der Waals surface area contributed by atoms with Crippen LogP contribution in [0.4, 0.5) is 5.69 Å². The van der Waals surface area contributed by atoms with Crippen molar-refractivity contribution in [3.63, 3.8) is 0 Å². The zero-order chi connectivity index (χ0) is 21.5. The standard InChI is InChI=1S/C21H19ClN2O5S/c1-28-21(7-8-29-19-6-4-14(22)9-17(19)21)20(25)24-18-12-23-11-13-3-5-15(10-16(13)18)30(2,26)27/h3-6,9-12H,7-8H2,1-2H3,(H,24,25). The number of hydrogen-bond donors (Lipinski definition) is 1. The van der Waals surface area contributed by atoms with Crippen LogP contribution in [0.15, 0.2) is 53.7 Å². The van der Waals surface area contributed by atoms with Crippen LogP contribution in [-0.2, 0) is 25.0 Å². The van der Waals surface area contributed by atoms with E-state index in [1.165, 1.54) is 25.4 Å². The number of methoxy groups -OCH3 is 1. The Morgan fingerprint density at radius 2 is 2.03 bits per heavy atom. The summed E-state index contributed by atoms with van der Waals surface area (Å²) in [7, 11) is -1.95. The number of hydrogen-bond acceptors (Lipinski definition) is 6. The number of sulfone groups is 1. The van der Waals surface area contributed by atoms with Crippen molar-refractivity contribution >= 4 is 43.8 Å². The molecule has 1 amide bonds. The zero-order valence-electron chi connectivity index (χ0n) is 16.3. The van der Waals surface area contributed by atoms with Gasteiger partial charge in [0.25, 0.3) is 5.91 Å². The quantitative estimate of drug-likeness (QED) is 0.658. The van der Waals surface area contributed by atoms with Gasteiger partial charge < -0.3 is 14.8 Å². The lowest BCUT2D eigenvalue weighted by Crippen LogP contribution is -2.45. The summed E-state index contributed by atoms with van der Waals surface area (Å²) in [5.41, 5.74) is -0.393. The molecule has 0 bridgehead atoms. The Bertz CT molecular complexity index is 1260. The molecule has 0 saturated carbocycles. The number of rotatable bonds is 4. The zero-order valence-corrected chi connectivity index (χ0v) is 17.9. The summed E-state index contributed by atoms with van der Waals surface area (Å²) >= 11 is 6.15. The summed E-state index contributed by atoms with van der Waals surface area (Å²) in [4.78, 5) is 17.8. The topological polar surface area (TPSA) is 94.6 Å². The van der Waals surface area contributed by atoms with Crippen LogP contribution >= 0.6 is 11.6 Å². The molecule has 9 heteroatoms. The molecule has 1 atom stereocenters. The maximum Gasteiger partial charge on any atom is 0.261 e. The molecule has 1 N–H and O–H groups in total. The van der Waals surface area contributed by atoms with Gasteiger partial charge in [0.1, 0.15) is 5.75 Å². The van der Waals surface area contributed by atoms with Crippen LogP contribution in [-0.4, -0.2) is 39.3 Å². The maximum atomic E-state index is 13.4. The van der Waals surface area contributed by atoms with Crippen molar-refractivity contribution in [1.29, 1.82) is 0 Å². The first-order valence-electron chi connectivity index (χ1n) is 9.12. The first-order chi connectivity index (χ1) is 14.2. The van der Waals surface area contributed by atoms with E-state index in [1.54, 1.807) is 30.5 Å². The highest BCUT2D eigenvalue weighted by Gasteiger charge is 2.45. The van der Waals surface area contributed by atoms with Gasteiger partial charge in [0.15, 0.2) is 15.4 Å².